The van der Waals surface area contributed by atoms with Crippen LogP contribution >= 0.6 is 11.3 Å². The zero-order chi connectivity index (χ0) is 12.1. The Morgan fingerprint density at radius 3 is 2.88 bits per heavy atom. The Hall–Kier alpha value is -1.49. The van der Waals surface area contributed by atoms with E-state index in [1.54, 1.807) is 18.0 Å². The van der Waals surface area contributed by atoms with Gasteiger partial charge in [0.05, 0.1) is 17.6 Å². The van der Waals surface area contributed by atoms with E-state index < -0.39 is 11.0 Å². The fourth-order valence-electron chi connectivity index (χ4n) is 1.25. The van der Waals surface area contributed by atoms with Crippen LogP contribution < -0.4 is 0 Å². The Kier molecular flexibility index (Phi) is 4.37. The van der Waals surface area contributed by atoms with Crippen molar-refractivity contribution < 1.29 is 10.0 Å². The lowest BCUT2D eigenvalue weighted by Gasteiger charge is -2.19. The molecule has 16 heavy (non-hydrogen) atoms. The van der Waals surface area contributed by atoms with Crippen LogP contribution in [-0.4, -0.2) is 35.1 Å². The fraction of sp³-hybridized carbons (Fsp3) is 0.444. The zero-order valence-electron chi connectivity index (χ0n) is 8.66. The number of aliphatic hydroxyl groups is 1. The number of hydrogen-bond acceptors (Lipinski definition) is 6. The molecule has 1 rings (SSSR count). The summed E-state index contributed by atoms with van der Waals surface area (Å²) in [7, 11) is 1.69. The molecule has 1 unspecified atom stereocenters. The van der Waals surface area contributed by atoms with Gasteiger partial charge in [0.2, 0.25) is 0 Å². The van der Waals surface area contributed by atoms with E-state index in [2.05, 4.69) is 6.07 Å². The summed E-state index contributed by atoms with van der Waals surface area (Å²) in [6.45, 7) is 0.298. The molecule has 0 aliphatic carbocycles. The third-order valence-corrected chi connectivity index (χ3v) is 3.17. The Balaban J connectivity index is 2.87. The molecule has 86 valence electrons. The van der Waals surface area contributed by atoms with Crippen molar-refractivity contribution in [2.24, 2.45) is 0 Å². The van der Waals surface area contributed by atoms with Crippen molar-refractivity contribution in [3.8, 4) is 6.07 Å². The Bertz CT molecular complexity index is 412. The molecule has 0 fully saturated rings. The van der Waals surface area contributed by atoms with Gasteiger partial charge in [0.25, 0.3) is 0 Å². The predicted molar refractivity (Wildman–Crippen MR) is 59.0 cm³/mol. The van der Waals surface area contributed by atoms with Crippen molar-refractivity contribution in [3.05, 3.63) is 27.1 Å². The Labute approximate surface area is 96.5 Å². The highest BCUT2D eigenvalue weighted by Gasteiger charge is 2.20. The fourth-order valence-corrected chi connectivity index (χ4v) is 2.19. The van der Waals surface area contributed by atoms with Gasteiger partial charge in [-0.1, -0.05) is 11.3 Å². The van der Waals surface area contributed by atoms with E-state index in [0.29, 0.717) is 11.4 Å². The largest absolute Gasteiger partial charge is 0.395 e. The maximum atomic E-state index is 10.5. The third-order valence-electron chi connectivity index (χ3n) is 2.08. The molecule has 1 aromatic rings. The van der Waals surface area contributed by atoms with Crippen molar-refractivity contribution in [1.29, 1.82) is 5.26 Å². The van der Waals surface area contributed by atoms with Gasteiger partial charge in [0, 0.05) is 17.5 Å². The van der Waals surface area contributed by atoms with Crippen LogP contribution in [0.1, 0.15) is 10.9 Å². The van der Waals surface area contributed by atoms with E-state index >= 15 is 0 Å². The SMILES string of the molecule is CN(CCO)C(C#N)c1ccc([N+](=O)[O-])s1. The summed E-state index contributed by atoms with van der Waals surface area (Å²) in [5.41, 5.74) is 0. The number of aliphatic hydroxyl groups excluding tert-OH is 1. The quantitative estimate of drug-likeness (QED) is 0.616. The molecule has 1 atom stereocenters. The number of nitriles is 1. The second-order valence-electron chi connectivity index (χ2n) is 3.17. The number of thiophene rings is 1. The lowest BCUT2D eigenvalue weighted by atomic mass is 10.2. The van der Waals surface area contributed by atoms with Crippen LogP contribution in [0, 0.1) is 21.4 Å². The first-order chi connectivity index (χ1) is 7.60. The average Bonchev–Trinajstić information content (AvgIpc) is 2.68. The van der Waals surface area contributed by atoms with Crippen molar-refractivity contribution in [2.45, 2.75) is 6.04 Å². The maximum Gasteiger partial charge on any atom is 0.324 e. The molecule has 0 saturated heterocycles. The summed E-state index contributed by atoms with van der Waals surface area (Å²) in [5.74, 6) is 0. The van der Waals surface area contributed by atoms with Crippen LogP contribution in [0.25, 0.3) is 0 Å². The average molecular weight is 241 g/mol. The van der Waals surface area contributed by atoms with E-state index in [1.165, 1.54) is 6.07 Å². The van der Waals surface area contributed by atoms with Gasteiger partial charge in [0.15, 0.2) is 0 Å². The molecule has 1 N–H and O–H groups in total. The van der Waals surface area contributed by atoms with Gasteiger partial charge in [-0.2, -0.15) is 5.26 Å². The highest BCUT2D eigenvalue weighted by atomic mass is 32.1. The summed E-state index contributed by atoms with van der Waals surface area (Å²) in [6.07, 6.45) is 0. The number of nitrogens with zero attached hydrogens (tertiary/aromatic N) is 3. The summed E-state index contributed by atoms with van der Waals surface area (Å²) in [6, 6.07) is 4.47. The standard InChI is InChI=1S/C9H11N3O3S/c1-11(4-5-13)7(6-10)8-2-3-9(16-8)12(14)15/h2-3,7,13H,4-5H2,1H3. The molecule has 1 heterocycles. The van der Waals surface area contributed by atoms with Crippen LogP contribution in [0.15, 0.2) is 12.1 Å². The Morgan fingerprint density at radius 2 is 2.44 bits per heavy atom. The summed E-state index contributed by atoms with van der Waals surface area (Å²) in [5, 5.41) is 28.3. The second kappa shape index (κ2) is 5.55. The van der Waals surface area contributed by atoms with Crippen molar-refractivity contribution in [3.63, 3.8) is 0 Å². The summed E-state index contributed by atoms with van der Waals surface area (Å²) >= 11 is 0.983. The number of nitro groups is 1. The molecule has 7 heteroatoms. The molecule has 0 saturated carbocycles. The third kappa shape index (κ3) is 2.76. The number of likely N-dealkylation sites (N-methyl/N-ethyl adjacent to an activating group) is 1. The van der Waals surface area contributed by atoms with Crippen molar-refractivity contribution in [2.75, 3.05) is 20.2 Å². The zero-order valence-corrected chi connectivity index (χ0v) is 9.48. The van der Waals surface area contributed by atoms with E-state index in [9.17, 15) is 10.1 Å². The van der Waals surface area contributed by atoms with Crippen LogP contribution in [0.3, 0.4) is 0 Å². The topological polar surface area (TPSA) is 90.4 Å². The van der Waals surface area contributed by atoms with E-state index in [-0.39, 0.29) is 11.6 Å². The molecule has 0 bridgehead atoms. The van der Waals surface area contributed by atoms with Gasteiger partial charge in [-0.3, -0.25) is 15.0 Å². The van der Waals surface area contributed by atoms with E-state index in [4.69, 9.17) is 10.4 Å². The van der Waals surface area contributed by atoms with Crippen LogP contribution in [0.2, 0.25) is 0 Å². The van der Waals surface area contributed by atoms with E-state index in [0.717, 1.165) is 11.3 Å². The van der Waals surface area contributed by atoms with Crippen LogP contribution in [0.4, 0.5) is 5.00 Å². The first-order valence-corrected chi connectivity index (χ1v) is 5.36. The first-order valence-electron chi connectivity index (χ1n) is 4.55. The van der Waals surface area contributed by atoms with Gasteiger partial charge in [0.1, 0.15) is 6.04 Å². The molecule has 0 amide bonds. The highest BCUT2D eigenvalue weighted by Crippen LogP contribution is 2.30. The van der Waals surface area contributed by atoms with Gasteiger partial charge >= 0.3 is 5.00 Å². The first kappa shape index (κ1) is 12.6. The van der Waals surface area contributed by atoms with E-state index in [1.807, 2.05) is 0 Å². The highest BCUT2D eigenvalue weighted by molar-refractivity contribution is 7.15. The number of rotatable bonds is 5. The molecular formula is C9H11N3O3S. The summed E-state index contributed by atoms with van der Waals surface area (Å²) < 4.78 is 0. The second-order valence-corrected chi connectivity index (χ2v) is 4.26. The minimum atomic E-state index is -0.550. The molecular weight excluding hydrogens is 230 g/mol. The monoisotopic (exact) mass is 241 g/mol. The lowest BCUT2D eigenvalue weighted by molar-refractivity contribution is -0.380. The smallest absolute Gasteiger partial charge is 0.324 e. The molecule has 0 aliphatic heterocycles. The normalized spacial score (nSPS) is 12.4. The predicted octanol–water partition coefficient (Wildman–Crippen LogP) is 1.15. The molecule has 0 spiro atoms. The van der Waals surface area contributed by atoms with Gasteiger partial charge in [-0.25, -0.2) is 0 Å². The summed E-state index contributed by atoms with van der Waals surface area (Å²) in [4.78, 5) is 12.3. The maximum absolute atomic E-state index is 10.5. The van der Waals surface area contributed by atoms with Crippen LogP contribution in [0.5, 0.6) is 0 Å². The molecule has 0 aromatic carbocycles. The Morgan fingerprint density at radius 1 is 1.75 bits per heavy atom. The molecule has 6 nitrogen and oxygen atoms in total. The van der Waals surface area contributed by atoms with Crippen molar-refractivity contribution >= 4 is 16.3 Å². The lowest BCUT2D eigenvalue weighted by Crippen LogP contribution is -2.25. The van der Waals surface area contributed by atoms with Gasteiger partial charge in [-0.15, -0.1) is 0 Å². The molecule has 1 aromatic heterocycles. The minimum absolute atomic E-state index is 0.0210. The molecule has 0 aliphatic rings. The van der Waals surface area contributed by atoms with Gasteiger partial charge in [-0.05, 0) is 13.1 Å². The van der Waals surface area contributed by atoms with Gasteiger partial charge < -0.3 is 5.11 Å². The van der Waals surface area contributed by atoms with Crippen LogP contribution in [-0.2, 0) is 0 Å². The number of hydrogen-bond donors (Lipinski definition) is 1. The van der Waals surface area contributed by atoms with Crippen molar-refractivity contribution in [1.82, 2.24) is 4.90 Å². The minimum Gasteiger partial charge on any atom is -0.395 e. The molecule has 0 radical (unpaired) electrons.